The third kappa shape index (κ3) is 6.76. The topological polar surface area (TPSA) is 72.9 Å². The molecule has 0 aliphatic heterocycles. The zero-order valence-electron chi connectivity index (χ0n) is 22.7. The largest absolute Gasteiger partial charge is 0.497 e. The lowest BCUT2D eigenvalue weighted by Gasteiger charge is -2.25. The summed E-state index contributed by atoms with van der Waals surface area (Å²) in [6, 6.07) is 19.5. The molecule has 0 fully saturated rings. The summed E-state index contributed by atoms with van der Waals surface area (Å²) in [5.74, 6) is 1.04. The second-order valence-corrected chi connectivity index (χ2v) is 9.33. The van der Waals surface area contributed by atoms with Crippen molar-refractivity contribution < 1.29 is 23.4 Å². The van der Waals surface area contributed by atoms with Crippen molar-refractivity contribution in [1.82, 2.24) is 9.88 Å². The van der Waals surface area contributed by atoms with Gasteiger partial charge in [-0.15, -0.1) is 0 Å². The highest BCUT2D eigenvalue weighted by atomic mass is 19.1. The summed E-state index contributed by atoms with van der Waals surface area (Å²) in [5, 5.41) is 4.53. The van der Waals surface area contributed by atoms with Crippen molar-refractivity contribution in [3.05, 3.63) is 89.9 Å². The third-order valence-corrected chi connectivity index (χ3v) is 6.59. The number of anilines is 1. The van der Waals surface area contributed by atoms with E-state index in [4.69, 9.17) is 14.2 Å². The number of ether oxygens (including phenoxy) is 3. The Morgan fingerprint density at radius 3 is 2.51 bits per heavy atom. The fraction of sp³-hybridized carbons (Fsp3) is 0.290. The summed E-state index contributed by atoms with van der Waals surface area (Å²) in [6.45, 7) is 2.84. The van der Waals surface area contributed by atoms with Crippen LogP contribution in [0.3, 0.4) is 0 Å². The van der Waals surface area contributed by atoms with Crippen LogP contribution < -0.4 is 19.5 Å². The number of halogens is 1. The van der Waals surface area contributed by atoms with Crippen LogP contribution in [0.5, 0.6) is 17.2 Å². The lowest BCUT2D eigenvalue weighted by Crippen LogP contribution is -2.33. The molecule has 39 heavy (non-hydrogen) atoms. The molecule has 4 aromatic rings. The molecule has 1 amide bonds. The van der Waals surface area contributed by atoms with E-state index in [1.807, 2.05) is 36.4 Å². The van der Waals surface area contributed by atoms with E-state index in [2.05, 4.69) is 17.2 Å². The number of carbonyl (C=O) groups is 1. The zero-order chi connectivity index (χ0) is 27.8. The van der Waals surface area contributed by atoms with E-state index in [1.165, 1.54) is 12.1 Å². The van der Waals surface area contributed by atoms with Gasteiger partial charge in [-0.1, -0.05) is 24.3 Å². The van der Waals surface area contributed by atoms with Crippen LogP contribution in [-0.4, -0.2) is 49.7 Å². The number of amides is 1. The minimum Gasteiger partial charge on any atom is -0.497 e. The molecule has 1 aromatic heterocycles. The fourth-order valence-corrected chi connectivity index (χ4v) is 4.58. The third-order valence-electron chi connectivity index (χ3n) is 6.59. The smallest absolute Gasteiger partial charge is 0.257 e. The van der Waals surface area contributed by atoms with Crippen molar-refractivity contribution >= 4 is 22.5 Å². The van der Waals surface area contributed by atoms with Crippen LogP contribution in [0.2, 0.25) is 0 Å². The molecule has 1 unspecified atom stereocenters. The Kier molecular flexibility index (Phi) is 9.20. The molecule has 1 atom stereocenters. The summed E-state index contributed by atoms with van der Waals surface area (Å²) in [4.78, 5) is 19.6. The van der Waals surface area contributed by atoms with Crippen molar-refractivity contribution in [3.8, 4) is 17.2 Å². The molecule has 8 heteroatoms. The van der Waals surface area contributed by atoms with Crippen LogP contribution in [0.4, 0.5) is 10.1 Å². The van der Waals surface area contributed by atoms with Crippen molar-refractivity contribution in [2.75, 3.05) is 33.2 Å². The maximum absolute atomic E-state index is 14.5. The van der Waals surface area contributed by atoms with E-state index in [0.29, 0.717) is 31.0 Å². The minimum absolute atomic E-state index is 0.0538. The fourth-order valence-electron chi connectivity index (χ4n) is 4.58. The molecule has 0 saturated carbocycles. The Morgan fingerprint density at radius 1 is 0.974 bits per heavy atom. The van der Waals surface area contributed by atoms with E-state index in [1.54, 1.807) is 50.6 Å². The molecular weight excluding hydrogens is 497 g/mol. The molecule has 4 rings (SSSR count). The first kappa shape index (κ1) is 27.7. The molecule has 3 aromatic carbocycles. The summed E-state index contributed by atoms with van der Waals surface area (Å²) in [6.07, 6.45) is 3.25. The van der Waals surface area contributed by atoms with Gasteiger partial charge in [0.1, 0.15) is 11.6 Å². The van der Waals surface area contributed by atoms with Crippen LogP contribution in [0.15, 0.2) is 72.9 Å². The van der Waals surface area contributed by atoms with Gasteiger partial charge < -0.3 is 24.4 Å². The van der Waals surface area contributed by atoms with Gasteiger partial charge in [-0.25, -0.2) is 4.39 Å². The molecule has 0 aliphatic rings. The lowest BCUT2D eigenvalue weighted by molar-refractivity contribution is 0.0734. The van der Waals surface area contributed by atoms with Gasteiger partial charge in [-0.05, 0) is 61.7 Å². The zero-order valence-corrected chi connectivity index (χ0v) is 22.7. The SMILES string of the molecule is COc1cc(NC(C)CCCN(Cc2ccc(OC)c(OC)c2)C(=O)c2ccccc2F)c2ncccc2c1. The average Bonchev–Trinajstić information content (AvgIpc) is 2.96. The number of fused-ring (bicyclic) bond motifs is 1. The molecular formula is C31H34FN3O4. The van der Waals surface area contributed by atoms with Crippen LogP contribution in [0, 0.1) is 5.82 Å². The second-order valence-electron chi connectivity index (χ2n) is 9.33. The van der Waals surface area contributed by atoms with E-state index < -0.39 is 5.82 Å². The minimum atomic E-state index is -0.535. The highest BCUT2D eigenvalue weighted by molar-refractivity contribution is 5.94. The molecule has 7 nitrogen and oxygen atoms in total. The van der Waals surface area contributed by atoms with E-state index in [-0.39, 0.29) is 17.5 Å². The van der Waals surface area contributed by atoms with Gasteiger partial charge in [0, 0.05) is 36.8 Å². The quantitative estimate of drug-likeness (QED) is 0.231. The van der Waals surface area contributed by atoms with Gasteiger partial charge in [0.05, 0.1) is 38.1 Å². The summed E-state index contributed by atoms with van der Waals surface area (Å²) in [7, 11) is 4.79. The van der Waals surface area contributed by atoms with Crippen LogP contribution in [-0.2, 0) is 6.54 Å². The number of methoxy groups -OCH3 is 3. The Labute approximate surface area is 228 Å². The average molecular weight is 532 g/mol. The van der Waals surface area contributed by atoms with Crippen molar-refractivity contribution in [2.45, 2.75) is 32.4 Å². The molecule has 1 heterocycles. The summed E-state index contributed by atoms with van der Waals surface area (Å²) in [5.41, 5.74) is 2.67. The maximum Gasteiger partial charge on any atom is 0.257 e. The van der Waals surface area contributed by atoms with Gasteiger partial charge in [-0.3, -0.25) is 9.78 Å². The standard InChI is InChI=1S/C31H34FN3O4/c1-21(34-27-19-24(37-2)18-23-10-7-15-33-30(23)27)9-8-16-35(31(36)25-11-5-6-12-26(25)32)20-22-13-14-28(38-3)29(17-22)39-4/h5-7,10-15,17-19,21,34H,8-9,16,20H2,1-4H3. The molecule has 1 N–H and O–H groups in total. The molecule has 0 bridgehead atoms. The summed E-state index contributed by atoms with van der Waals surface area (Å²) < 4.78 is 30.8. The molecule has 0 saturated heterocycles. The number of nitrogens with zero attached hydrogens (tertiary/aromatic N) is 2. The Hall–Kier alpha value is -4.33. The summed E-state index contributed by atoms with van der Waals surface area (Å²) >= 11 is 0. The van der Waals surface area contributed by atoms with Gasteiger partial charge in [0.15, 0.2) is 11.5 Å². The van der Waals surface area contributed by atoms with Crippen molar-refractivity contribution in [1.29, 1.82) is 0 Å². The predicted octanol–water partition coefficient (Wildman–Crippen LogP) is 6.32. The number of aromatic nitrogens is 1. The lowest BCUT2D eigenvalue weighted by atomic mass is 10.1. The Morgan fingerprint density at radius 2 is 1.77 bits per heavy atom. The number of benzene rings is 3. The van der Waals surface area contributed by atoms with Crippen LogP contribution in [0.25, 0.3) is 10.9 Å². The predicted molar refractivity (Wildman–Crippen MR) is 151 cm³/mol. The first-order valence-corrected chi connectivity index (χ1v) is 12.9. The van der Waals surface area contributed by atoms with Crippen LogP contribution >= 0.6 is 0 Å². The highest BCUT2D eigenvalue weighted by Crippen LogP contribution is 2.30. The number of pyridine rings is 1. The van der Waals surface area contributed by atoms with E-state index >= 15 is 0 Å². The number of hydrogen-bond donors (Lipinski definition) is 1. The second kappa shape index (κ2) is 13.0. The molecule has 0 aliphatic carbocycles. The normalized spacial score (nSPS) is 11.6. The van der Waals surface area contributed by atoms with Crippen molar-refractivity contribution in [2.24, 2.45) is 0 Å². The van der Waals surface area contributed by atoms with Crippen LogP contribution in [0.1, 0.15) is 35.7 Å². The monoisotopic (exact) mass is 531 g/mol. The molecule has 204 valence electrons. The highest BCUT2D eigenvalue weighted by Gasteiger charge is 2.20. The maximum atomic E-state index is 14.5. The molecule has 0 spiro atoms. The van der Waals surface area contributed by atoms with Crippen molar-refractivity contribution in [3.63, 3.8) is 0 Å². The first-order chi connectivity index (χ1) is 18.9. The number of hydrogen-bond acceptors (Lipinski definition) is 6. The van der Waals surface area contributed by atoms with Gasteiger partial charge >= 0.3 is 0 Å². The Bertz CT molecular complexity index is 1430. The molecule has 0 radical (unpaired) electrons. The van der Waals surface area contributed by atoms with Gasteiger partial charge in [-0.2, -0.15) is 0 Å². The van der Waals surface area contributed by atoms with E-state index in [9.17, 15) is 9.18 Å². The van der Waals surface area contributed by atoms with E-state index in [0.717, 1.165) is 34.3 Å². The Balaban J connectivity index is 1.48. The number of carbonyl (C=O) groups excluding carboxylic acids is 1. The van der Waals surface area contributed by atoms with Gasteiger partial charge in [0.2, 0.25) is 0 Å². The van der Waals surface area contributed by atoms with Gasteiger partial charge in [0.25, 0.3) is 5.91 Å². The number of rotatable bonds is 12. The number of nitrogens with one attached hydrogen (secondary N) is 1. The first-order valence-electron chi connectivity index (χ1n) is 12.9.